The third-order valence-corrected chi connectivity index (χ3v) is 7.18. The molecule has 0 saturated carbocycles. The Balaban J connectivity index is 1.84. The molecule has 1 aliphatic carbocycles. The number of rotatable bonds is 7. The summed E-state index contributed by atoms with van der Waals surface area (Å²) in [6, 6.07) is 2.34. The standard InChI is InChI=1S/C26H31F3N2O7/c1-24(2)11-16-20(17(32)12-24)25(26(27,28)29,23(34)31(16)13-15-7-6-8-38-15)30-22(33)14-9-18(35-3)21(37-5)19(10-14)36-4/h9-10,15H,6-8,11-13H2,1-5H3,(H,30,33)/t15-,25+/m1/s1. The summed E-state index contributed by atoms with van der Waals surface area (Å²) in [5.41, 5.74) is -5.25. The number of hydrogen-bond acceptors (Lipinski definition) is 7. The van der Waals surface area contributed by atoms with Crippen molar-refractivity contribution in [2.24, 2.45) is 5.41 Å². The molecule has 1 fully saturated rings. The van der Waals surface area contributed by atoms with Crippen molar-refractivity contribution in [3.05, 3.63) is 29.0 Å². The molecule has 0 aromatic heterocycles. The molecule has 2 amide bonds. The van der Waals surface area contributed by atoms with Gasteiger partial charge in [0.15, 0.2) is 17.3 Å². The number of alkyl halides is 3. The zero-order valence-corrected chi connectivity index (χ0v) is 21.9. The monoisotopic (exact) mass is 540 g/mol. The van der Waals surface area contributed by atoms with Crippen molar-refractivity contribution in [1.29, 1.82) is 0 Å². The fourth-order valence-electron chi connectivity index (χ4n) is 5.47. The molecule has 2 heterocycles. The fraction of sp³-hybridized carbons (Fsp3) is 0.577. The maximum atomic E-state index is 15.0. The number of allylic oxidation sites excluding steroid dienone is 1. The zero-order valence-electron chi connectivity index (χ0n) is 21.9. The minimum absolute atomic E-state index is 0.0192. The van der Waals surface area contributed by atoms with Gasteiger partial charge in [0.25, 0.3) is 11.8 Å². The van der Waals surface area contributed by atoms with Crippen LogP contribution in [0.3, 0.4) is 0 Å². The normalized spacial score (nSPS) is 24.9. The van der Waals surface area contributed by atoms with Crippen LogP contribution in [0.1, 0.15) is 49.9 Å². The van der Waals surface area contributed by atoms with E-state index in [1.165, 1.54) is 33.5 Å². The van der Waals surface area contributed by atoms with Crippen molar-refractivity contribution in [1.82, 2.24) is 10.2 Å². The van der Waals surface area contributed by atoms with Crippen LogP contribution in [0, 0.1) is 5.41 Å². The number of carbonyl (C=O) groups excluding carboxylic acids is 3. The molecule has 12 heteroatoms. The van der Waals surface area contributed by atoms with Crippen LogP contribution >= 0.6 is 0 Å². The van der Waals surface area contributed by atoms with Crippen LogP contribution in [0.4, 0.5) is 13.2 Å². The minimum Gasteiger partial charge on any atom is -0.493 e. The zero-order chi connectivity index (χ0) is 28.0. The van der Waals surface area contributed by atoms with Crippen molar-refractivity contribution in [3.8, 4) is 17.2 Å². The number of halogens is 3. The number of benzene rings is 1. The first-order valence-corrected chi connectivity index (χ1v) is 12.2. The van der Waals surface area contributed by atoms with E-state index < -0.39 is 46.4 Å². The van der Waals surface area contributed by atoms with Crippen molar-refractivity contribution in [2.75, 3.05) is 34.5 Å². The molecule has 38 heavy (non-hydrogen) atoms. The molecule has 2 atom stereocenters. The molecule has 208 valence electrons. The molecule has 1 aromatic rings. The number of ether oxygens (including phenoxy) is 4. The predicted octanol–water partition coefficient (Wildman–Crippen LogP) is 3.41. The van der Waals surface area contributed by atoms with E-state index in [1.807, 2.05) is 5.32 Å². The molecule has 4 rings (SSSR count). The van der Waals surface area contributed by atoms with Crippen LogP contribution in [0.15, 0.2) is 23.4 Å². The number of methoxy groups -OCH3 is 3. The van der Waals surface area contributed by atoms with Gasteiger partial charge in [0.2, 0.25) is 11.3 Å². The molecule has 9 nitrogen and oxygen atoms in total. The molecule has 0 radical (unpaired) electrons. The fourth-order valence-corrected chi connectivity index (χ4v) is 5.47. The quantitative estimate of drug-likeness (QED) is 0.566. The predicted molar refractivity (Wildman–Crippen MR) is 128 cm³/mol. The Kier molecular flexibility index (Phi) is 7.15. The second-order valence-corrected chi connectivity index (χ2v) is 10.4. The summed E-state index contributed by atoms with van der Waals surface area (Å²) in [4.78, 5) is 41.5. The highest BCUT2D eigenvalue weighted by Gasteiger charge is 2.71. The highest BCUT2D eigenvalue weighted by Crippen LogP contribution is 2.52. The maximum absolute atomic E-state index is 15.0. The van der Waals surface area contributed by atoms with Gasteiger partial charge in [0.1, 0.15) is 0 Å². The molecule has 1 saturated heterocycles. The van der Waals surface area contributed by atoms with E-state index >= 15 is 13.2 Å². The summed E-state index contributed by atoms with van der Waals surface area (Å²) in [7, 11) is 3.92. The average molecular weight is 541 g/mol. The van der Waals surface area contributed by atoms with E-state index in [-0.39, 0.29) is 47.9 Å². The first-order chi connectivity index (χ1) is 17.8. The van der Waals surface area contributed by atoms with Gasteiger partial charge in [-0.05, 0) is 36.8 Å². The molecule has 2 aliphatic heterocycles. The van der Waals surface area contributed by atoms with Crippen molar-refractivity contribution in [3.63, 3.8) is 0 Å². The topological polar surface area (TPSA) is 103 Å². The highest BCUT2D eigenvalue weighted by atomic mass is 19.4. The van der Waals surface area contributed by atoms with E-state index in [4.69, 9.17) is 18.9 Å². The molecule has 0 bridgehead atoms. The lowest BCUT2D eigenvalue weighted by Gasteiger charge is -2.35. The summed E-state index contributed by atoms with van der Waals surface area (Å²) in [5.74, 6) is -3.29. The average Bonchev–Trinajstić information content (AvgIpc) is 3.43. The molecular weight excluding hydrogens is 509 g/mol. The Labute approximate surface area is 218 Å². The van der Waals surface area contributed by atoms with Crippen LogP contribution in [-0.4, -0.2) is 74.8 Å². The Morgan fingerprint density at radius 1 is 1.11 bits per heavy atom. The third kappa shape index (κ3) is 4.48. The number of Topliss-reactive ketones (excluding diaryl/α,β-unsaturated/α-hetero) is 1. The Hall–Kier alpha value is -3.28. The summed E-state index contributed by atoms with van der Waals surface area (Å²) in [6.07, 6.45) is -4.65. The molecule has 1 aromatic carbocycles. The van der Waals surface area contributed by atoms with E-state index in [1.54, 1.807) is 13.8 Å². The lowest BCUT2D eigenvalue weighted by Crippen LogP contribution is -2.66. The van der Waals surface area contributed by atoms with Gasteiger partial charge in [-0.15, -0.1) is 0 Å². The van der Waals surface area contributed by atoms with Gasteiger partial charge in [-0.1, -0.05) is 13.8 Å². The van der Waals surface area contributed by atoms with Crippen LogP contribution in [0.25, 0.3) is 0 Å². The van der Waals surface area contributed by atoms with Crippen molar-refractivity contribution in [2.45, 2.75) is 57.3 Å². The Morgan fingerprint density at radius 3 is 2.24 bits per heavy atom. The van der Waals surface area contributed by atoms with Gasteiger partial charge < -0.3 is 29.2 Å². The van der Waals surface area contributed by atoms with E-state index in [0.717, 1.165) is 4.90 Å². The largest absolute Gasteiger partial charge is 0.493 e. The van der Waals surface area contributed by atoms with Crippen LogP contribution in [-0.2, 0) is 14.3 Å². The summed E-state index contributed by atoms with van der Waals surface area (Å²) >= 11 is 0. The van der Waals surface area contributed by atoms with Crippen LogP contribution in [0.2, 0.25) is 0 Å². The second kappa shape index (κ2) is 9.79. The number of amides is 2. The van der Waals surface area contributed by atoms with Gasteiger partial charge in [0.05, 0.1) is 39.6 Å². The number of nitrogens with one attached hydrogen (secondary N) is 1. The summed E-state index contributed by atoms with van der Waals surface area (Å²) in [5, 5.41) is 1.92. The summed E-state index contributed by atoms with van der Waals surface area (Å²) in [6.45, 7) is 3.81. The van der Waals surface area contributed by atoms with Gasteiger partial charge in [-0.3, -0.25) is 14.4 Å². The molecular formula is C26H31F3N2O7. The van der Waals surface area contributed by atoms with E-state index in [0.29, 0.717) is 19.4 Å². The van der Waals surface area contributed by atoms with Crippen molar-refractivity contribution < 1.29 is 46.5 Å². The van der Waals surface area contributed by atoms with Gasteiger partial charge in [-0.25, -0.2) is 0 Å². The first-order valence-electron chi connectivity index (χ1n) is 12.2. The number of carbonyl (C=O) groups is 3. The molecule has 3 aliphatic rings. The number of nitrogens with zero attached hydrogens (tertiary/aromatic N) is 1. The van der Waals surface area contributed by atoms with Crippen LogP contribution in [0.5, 0.6) is 17.2 Å². The Morgan fingerprint density at radius 2 is 1.74 bits per heavy atom. The lowest BCUT2D eigenvalue weighted by molar-refractivity contribution is -0.191. The van der Waals surface area contributed by atoms with E-state index in [2.05, 4.69) is 0 Å². The van der Waals surface area contributed by atoms with Gasteiger partial charge in [0, 0.05) is 24.3 Å². The van der Waals surface area contributed by atoms with Gasteiger partial charge in [-0.2, -0.15) is 13.2 Å². The molecule has 0 unspecified atom stereocenters. The smallest absolute Gasteiger partial charge is 0.425 e. The maximum Gasteiger partial charge on any atom is 0.425 e. The highest BCUT2D eigenvalue weighted by molar-refractivity contribution is 6.14. The van der Waals surface area contributed by atoms with Gasteiger partial charge >= 0.3 is 6.18 Å². The first kappa shape index (κ1) is 27.7. The van der Waals surface area contributed by atoms with E-state index in [9.17, 15) is 14.4 Å². The number of hydrogen-bond donors (Lipinski definition) is 1. The molecule has 0 spiro atoms. The third-order valence-electron chi connectivity index (χ3n) is 7.18. The second-order valence-electron chi connectivity index (χ2n) is 10.4. The summed E-state index contributed by atoms with van der Waals surface area (Å²) < 4.78 is 66.3. The number of ketones is 1. The van der Waals surface area contributed by atoms with Crippen molar-refractivity contribution >= 4 is 17.6 Å². The minimum atomic E-state index is -5.32. The Bertz CT molecular complexity index is 1160. The lowest BCUT2D eigenvalue weighted by atomic mass is 9.72. The van der Waals surface area contributed by atoms with Crippen LogP contribution < -0.4 is 19.5 Å². The SMILES string of the molecule is COc1cc(C(=O)N[C@]2(C(F)(F)F)C(=O)N(C[C@H]3CCCO3)C3=C2C(=O)CC(C)(C)C3)cc(OC)c1OC. The molecule has 1 N–H and O–H groups in total.